The normalized spacial score (nSPS) is 24.2. The molecule has 1 aliphatic carbocycles. The van der Waals surface area contributed by atoms with Crippen molar-refractivity contribution in [2.75, 3.05) is 13.1 Å². The standard InChI is InChI=1S/C18H16F4N4O3/c1-8(17(28)26-6-11-12(7-26)13(11)18(20,21)22)23-15(27)14-24-16(29-25-14)9-3-2-4-10(19)5-9/h2-5,8,11-13H,6-7H2,1H3,(H,23,27)/t8-,11?,12?,13?/m0/s1. The van der Waals surface area contributed by atoms with Crippen molar-refractivity contribution in [2.45, 2.75) is 19.1 Å². The fraction of sp³-hybridized carbons (Fsp3) is 0.444. The summed E-state index contributed by atoms with van der Waals surface area (Å²) in [4.78, 5) is 29.9. The molecule has 1 saturated heterocycles. The Labute approximate surface area is 162 Å². The number of alkyl halides is 3. The summed E-state index contributed by atoms with van der Waals surface area (Å²) < 4.78 is 56.5. The molecule has 1 N–H and O–H groups in total. The zero-order chi connectivity index (χ0) is 20.9. The molecular weight excluding hydrogens is 396 g/mol. The number of halogens is 4. The fourth-order valence-electron chi connectivity index (χ4n) is 3.84. The van der Waals surface area contributed by atoms with Crippen molar-refractivity contribution in [3.05, 3.63) is 35.9 Å². The number of aromatic nitrogens is 2. The van der Waals surface area contributed by atoms with E-state index in [1.165, 1.54) is 30.0 Å². The van der Waals surface area contributed by atoms with Gasteiger partial charge in [-0.1, -0.05) is 11.2 Å². The molecule has 11 heteroatoms. The van der Waals surface area contributed by atoms with Crippen LogP contribution in [0.1, 0.15) is 17.5 Å². The molecular formula is C18H16F4N4O3. The Morgan fingerprint density at radius 3 is 2.59 bits per heavy atom. The number of amides is 2. The van der Waals surface area contributed by atoms with Crippen molar-refractivity contribution in [3.63, 3.8) is 0 Å². The van der Waals surface area contributed by atoms with Crippen LogP contribution in [0.4, 0.5) is 17.6 Å². The number of fused-ring (bicyclic) bond motifs is 1. The average molecular weight is 412 g/mol. The maximum atomic E-state index is 13.3. The van der Waals surface area contributed by atoms with Crippen molar-refractivity contribution < 1.29 is 31.7 Å². The maximum absolute atomic E-state index is 13.3. The van der Waals surface area contributed by atoms with Gasteiger partial charge in [-0.05, 0) is 37.0 Å². The molecule has 1 aliphatic heterocycles. The van der Waals surface area contributed by atoms with Crippen LogP contribution in [0.25, 0.3) is 11.5 Å². The smallest absolute Gasteiger partial charge is 0.340 e. The highest BCUT2D eigenvalue weighted by molar-refractivity contribution is 5.94. The largest absolute Gasteiger partial charge is 0.392 e. The predicted octanol–water partition coefficient (Wildman–Crippen LogP) is 2.26. The Balaban J connectivity index is 1.34. The molecule has 0 radical (unpaired) electrons. The van der Waals surface area contributed by atoms with Crippen LogP contribution in [0.2, 0.25) is 0 Å². The van der Waals surface area contributed by atoms with Crippen molar-refractivity contribution in [3.8, 4) is 11.5 Å². The van der Waals surface area contributed by atoms with Gasteiger partial charge in [0.2, 0.25) is 5.91 Å². The molecule has 1 aromatic carbocycles. The van der Waals surface area contributed by atoms with Gasteiger partial charge in [0.1, 0.15) is 11.9 Å². The van der Waals surface area contributed by atoms with Gasteiger partial charge in [-0.25, -0.2) is 4.39 Å². The van der Waals surface area contributed by atoms with Crippen LogP contribution in [0.5, 0.6) is 0 Å². The summed E-state index contributed by atoms with van der Waals surface area (Å²) in [7, 11) is 0. The van der Waals surface area contributed by atoms with E-state index in [-0.39, 0.29) is 30.4 Å². The highest BCUT2D eigenvalue weighted by Crippen LogP contribution is 2.59. The zero-order valence-electron chi connectivity index (χ0n) is 15.1. The molecule has 2 amide bonds. The minimum Gasteiger partial charge on any atom is -0.340 e. The summed E-state index contributed by atoms with van der Waals surface area (Å²) in [6.07, 6.45) is -4.23. The number of piperidine rings is 1. The van der Waals surface area contributed by atoms with Gasteiger partial charge in [0.05, 0.1) is 5.92 Å². The van der Waals surface area contributed by atoms with Crippen LogP contribution >= 0.6 is 0 Å². The topological polar surface area (TPSA) is 88.3 Å². The number of nitrogens with one attached hydrogen (secondary N) is 1. The second kappa shape index (κ2) is 6.82. The van der Waals surface area contributed by atoms with Crippen LogP contribution in [0.15, 0.2) is 28.8 Å². The first-order valence-corrected chi connectivity index (χ1v) is 8.91. The Morgan fingerprint density at radius 2 is 1.97 bits per heavy atom. The van der Waals surface area contributed by atoms with Crippen molar-refractivity contribution >= 4 is 11.8 Å². The highest BCUT2D eigenvalue weighted by Gasteiger charge is 2.67. The lowest BCUT2D eigenvalue weighted by molar-refractivity contribution is -0.159. The van der Waals surface area contributed by atoms with Crippen LogP contribution in [-0.4, -0.2) is 52.2 Å². The van der Waals surface area contributed by atoms with Gasteiger partial charge in [-0.15, -0.1) is 0 Å². The Hall–Kier alpha value is -2.98. The van der Waals surface area contributed by atoms with E-state index in [1.54, 1.807) is 0 Å². The highest BCUT2D eigenvalue weighted by atomic mass is 19.4. The third kappa shape index (κ3) is 3.68. The first kappa shape index (κ1) is 19.3. The summed E-state index contributed by atoms with van der Waals surface area (Å²) in [5.74, 6) is -4.63. The second-order valence-electron chi connectivity index (χ2n) is 7.27. The lowest BCUT2D eigenvalue weighted by atomic mass is 10.2. The molecule has 2 unspecified atom stereocenters. The lowest BCUT2D eigenvalue weighted by Gasteiger charge is -2.24. The minimum atomic E-state index is -4.23. The summed E-state index contributed by atoms with van der Waals surface area (Å²) in [5, 5.41) is 5.93. The van der Waals surface area contributed by atoms with Gasteiger partial charge in [0.25, 0.3) is 17.6 Å². The Kier molecular flexibility index (Phi) is 4.55. The monoisotopic (exact) mass is 412 g/mol. The van der Waals surface area contributed by atoms with Crippen LogP contribution < -0.4 is 5.32 Å². The number of benzene rings is 1. The number of nitrogens with zero attached hydrogens (tertiary/aromatic N) is 3. The number of hydrogen-bond acceptors (Lipinski definition) is 5. The number of rotatable bonds is 4. The van der Waals surface area contributed by atoms with Gasteiger partial charge in [-0.3, -0.25) is 9.59 Å². The summed E-state index contributed by atoms with van der Waals surface area (Å²) in [6, 6.07) is 4.39. The van der Waals surface area contributed by atoms with E-state index in [0.29, 0.717) is 0 Å². The van der Waals surface area contributed by atoms with Crippen LogP contribution in [-0.2, 0) is 4.79 Å². The molecule has 2 heterocycles. The van der Waals surface area contributed by atoms with Crippen LogP contribution in [0.3, 0.4) is 0 Å². The van der Waals surface area contributed by atoms with E-state index in [4.69, 9.17) is 4.52 Å². The molecule has 0 bridgehead atoms. The third-order valence-corrected chi connectivity index (χ3v) is 5.30. The zero-order valence-corrected chi connectivity index (χ0v) is 15.1. The van der Waals surface area contributed by atoms with Gasteiger partial charge >= 0.3 is 6.18 Å². The van der Waals surface area contributed by atoms with Gasteiger partial charge < -0.3 is 14.7 Å². The molecule has 1 saturated carbocycles. The van der Waals surface area contributed by atoms with Gasteiger partial charge in [0.15, 0.2) is 0 Å². The third-order valence-electron chi connectivity index (χ3n) is 5.30. The number of carbonyl (C=O) groups excluding carboxylic acids is 2. The summed E-state index contributed by atoms with van der Waals surface area (Å²) >= 11 is 0. The number of carbonyl (C=O) groups is 2. The van der Waals surface area contributed by atoms with E-state index in [2.05, 4.69) is 15.5 Å². The molecule has 1 aromatic heterocycles. The maximum Gasteiger partial charge on any atom is 0.392 e. The lowest BCUT2D eigenvalue weighted by Crippen LogP contribution is -2.47. The molecule has 2 fully saturated rings. The molecule has 0 spiro atoms. The first-order chi connectivity index (χ1) is 13.6. The molecule has 29 heavy (non-hydrogen) atoms. The fourth-order valence-corrected chi connectivity index (χ4v) is 3.84. The Bertz CT molecular complexity index is 949. The van der Waals surface area contributed by atoms with Gasteiger partial charge in [-0.2, -0.15) is 18.2 Å². The van der Waals surface area contributed by atoms with Crippen molar-refractivity contribution in [1.82, 2.24) is 20.4 Å². The Morgan fingerprint density at radius 1 is 1.28 bits per heavy atom. The van der Waals surface area contributed by atoms with Crippen molar-refractivity contribution in [2.24, 2.45) is 17.8 Å². The van der Waals surface area contributed by atoms with Gasteiger partial charge in [0, 0.05) is 18.7 Å². The van der Waals surface area contributed by atoms with Crippen LogP contribution in [0, 0.1) is 23.6 Å². The molecule has 2 aliphatic rings. The number of likely N-dealkylation sites (tertiary alicyclic amines) is 1. The molecule has 4 rings (SSSR count). The molecule has 2 aromatic rings. The SMILES string of the molecule is C[C@H](NC(=O)c1noc(-c2cccc(F)c2)n1)C(=O)N1CC2C(C1)C2C(F)(F)F. The average Bonchev–Trinajstić information content (AvgIpc) is 3.01. The van der Waals surface area contributed by atoms with E-state index in [0.717, 1.165) is 6.07 Å². The summed E-state index contributed by atoms with van der Waals surface area (Å²) in [5.41, 5.74) is 0.288. The van der Waals surface area contributed by atoms with E-state index >= 15 is 0 Å². The molecule has 7 nitrogen and oxygen atoms in total. The van der Waals surface area contributed by atoms with Crippen molar-refractivity contribution in [1.29, 1.82) is 0 Å². The second-order valence-corrected chi connectivity index (χ2v) is 7.27. The molecule has 3 atom stereocenters. The van der Waals surface area contributed by atoms with E-state index in [1.807, 2.05) is 0 Å². The summed E-state index contributed by atoms with van der Waals surface area (Å²) in [6.45, 7) is 1.48. The predicted molar refractivity (Wildman–Crippen MR) is 89.7 cm³/mol. The number of hydrogen-bond donors (Lipinski definition) is 1. The minimum absolute atomic E-state index is 0.0276. The quantitative estimate of drug-likeness (QED) is 0.779. The molecule has 154 valence electrons. The van der Waals surface area contributed by atoms with E-state index < -0.39 is 47.6 Å². The first-order valence-electron chi connectivity index (χ1n) is 8.91. The van der Waals surface area contributed by atoms with E-state index in [9.17, 15) is 27.2 Å².